The summed E-state index contributed by atoms with van der Waals surface area (Å²) in [5.41, 5.74) is 0.630. The number of nitrogens with one attached hydrogen (secondary N) is 1. The van der Waals surface area contributed by atoms with Gasteiger partial charge in [-0.15, -0.1) is 22.7 Å². The molecule has 0 spiro atoms. The fourth-order valence-corrected chi connectivity index (χ4v) is 4.26. The first kappa shape index (κ1) is 18.9. The molecule has 0 aromatic carbocycles. The van der Waals surface area contributed by atoms with Gasteiger partial charge in [0.25, 0.3) is 5.91 Å². The Labute approximate surface area is 154 Å². The van der Waals surface area contributed by atoms with Crippen molar-refractivity contribution >= 4 is 46.2 Å². The monoisotopic (exact) mass is 386 g/mol. The van der Waals surface area contributed by atoms with Crippen LogP contribution in [0.1, 0.15) is 35.6 Å². The third-order valence-electron chi connectivity index (χ3n) is 3.28. The molecule has 2 rings (SSSR count). The Hall–Kier alpha value is -1.44. The van der Waals surface area contributed by atoms with E-state index in [1.165, 1.54) is 29.8 Å². The van der Waals surface area contributed by atoms with Crippen LogP contribution in [0.2, 0.25) is 4.34 Å². The molecule has 1 atom stereocenters. The number of amides is 1. The highest BCUT2D eigenvalue weighted by Gasteiger charge is 2.25. The molecule has 1 amide bonds. The summed E-state index contributed by atoms with van der Waals surface area (Å²) in [5, 5.41) is 3.50. The minimum Gasteiger partial charge on any atom is -0.467 e. The highest BCUT2D eigenvalue weighted by Crippen LogP contribution is 2.34. The number of aromatic nitrogens is 1. The maximum Gasteiger partial charge on any atom is 0.328 e. The average Bonchev–Trinajstić information content (AvgIpc) is 3.11. The summed E-state index contributed by atoms with van der Waals surface area (Å²) in [4.78, 5) is 30.3. The van der Waals surface area contributed by atoms with E-state index in [1.807, 2.05) is 19.9 Å². The molecule has 8 heteroatoms. The molecule has 0 bridgehead atoms. The first-order chi connectivity index (χ1) is 11.3. The molecule has 5 nitrogen and oxygen atoms in total. The summed E-state index contributed by atoms with van der Waals surface area (Å²) >= 11 is 8.66. The van der Waals surface area contributed by atoms with Crippen LogP contribution in [0.4, 0.5) is 0 Å². The number of carbonyl (C=O) groups excluding carboxylic acids is 2. The number of carbonyl (C=O) groups is 2. The van der Waals surface area contributed by atoms with Gasteiger partial charge in [-0.3, -0.25) is 4.79 Å². The minimum atomic E-state index is -0.663. The van der Waals surface area contributed by atoms with Crippen LogP contribution in [0.25, 0.3) is 9.88 Å². The van der Waals surface area contributed by atoms with Crippen LogP contribution in [-0.2, 0) is 9.53 Å². The summed E-state index contributed by atoms with van der Waals surface area (Å²) in [7, 11) is 1.32. The number of rotatable bonds is 6. The van der Waals surface area contributed by atoms with Gasteiger partial charge < -0.3 is 10.1 Å². The number of hydrogen-bond acceptors (Lipinski definition) is 6. The van der Waals surface area contributed by atoms with Crippen molar-refractivity contribution < 1.29 is 14.3 Å². The highest BCUT2D eigenvalue weighted by atomic mass is 35.5. The van der Waals surface area contributed by atoms with E-state index in [9.17, 15) is 9.59 Å². The van der Waals surface area contributed by atoms with E-state index in [4.69, 9.17) is 16.3 Å². The number of aryl methyl sites for hydroxylation is 1. The fourth-order valence-electron chi connectivity index (χ4n) is 2.19. The average molecular weight is 387 g/mol. The fraction of sp³-hybridized carbons (Fsp3) is 0.438. The highest BCUT2D eigenvalue weighted by molar-refractivity contribution is 7.24. The lowest BCUT2D eigenvalue weighted by Gasteiger charge is -2.17. The molecule has 0 fully saturated rings. The third-order valence-corrected chi connectivity index (χ3v) is 5.84. The minimum absolute atomic E-state index is 0.251. The summed E-state index contributed by atoms with van der Waals surface area (Å²) in [5.74, 6) is -0.500. The molecule has 0 aliphatic heterocycles. The zero-order valence-corrected chi connectivity index (χ0v) is 16.3. The zero-order chi connectivity index (χ0) is 17.9. The van der Waals surface area contributed by atoms with E-state index < -0.39 is 12.0 Å². The molecule has 24 heavy (non-hydrogen) atoms. The topological polar surface area (TPSA) is 68.3 Å². The van der Waals surface area contributed by atoms with Crippen molar-refractivity contribution in [3.05, 3.63) is 27.0 Å². The van der Waals surface area contributed by atoms with Gasteiger partial charge in [-0.05, 0) is 31.4 Å². The molecule has 0 aliphatic carbocycles. The molecule has 0 saturated heterocycles. The van der Waals surface area contributed by atoms with E-state index in [-0.39, 0.29) is 11.8 Å². The lowest BCUT2D eigenvalue weighted by molar-refractivity contribution is -0.143. The number of methoxy groups -OCH3 is 1. The SMILES string of the molecule is COC(=O)C(CC(C)C)NC(=O)c1sc(-c2ccc(Cl)s2)nc1C. The maximum absolute atomic E-state index is 12.6. The number of thiazole rings is 1. The Bertz CT molecular complexity index is 740. The van der Waals surface area contributed by atoms with Gasteiger partial charge in [0.1, 0.15) is 15.9 Å². The van der Waals surface area contributed by atoms with Gasteiger partial charge in [-0.1, -0.05) is 25.4 Å². The maximum atomic E-state index is 12.6. The Morgan fingerprint density at radius 1 is 1.33 bits per heavy atom. The van der Waals surface area contributed by atoms with E-state index >= 15 is 0 Å². The largest absolute Gasteiger partial charge is 0.467 e. The number of thiophene rings is 1. The molecule has 130 valence electrons. The number of halogens is 1. The molecule has 0 aliphatic rings. The molecule has 2 aromatic heterocycles. The zero-order valence-electron chi connectivity index (χ0n) is 13.9. The number of hydrogen-bond donors (Lipinski definition) is 1. The number of nitrogens with zero attached hydrogens (tertiary/aromatic N) is 1. The molecule has 0 saturated carbocycles. The van der Waals surface area contributed by atoms with Gasteiger partial charge in [-0.2, -0.15) is 0 Å². The van der Waals surface area contributed by atoms with Crippen LogP contribution in [0, 0.1) is 12.8 Å². The van der Waals surface area contributed by atoms with Crippen molar-refractivity contribution in [2.75, 3.05) is 7.11 Å². The predicted molar refractivity (Wildman–Crippen MR) is 97.9 cm³/mol. The molecule has 2 aromatic rings. The van der Waals surface area contributed by atoms with Crippen LogP contribution in [0.5, 0.6) is 0 Å². The van der Waals surface area contributed by atoms with E-state index in [0.717, 1.165) is 9.88 Å². The van der Waals surface area contributed by atoms with Gasteiger partial charge in [0, 0.05) is 0 Å². The smallest absolute Gasteiger partial charge is 0.328 e. The lowest BCUT2D eigenvalue weighted by atomic mass is 10.0. The number of ether oxygens (including phenoxy) is 1. The Morgan fingerprint density at radius 3 is 2.58 bits per heavy atom. The van der Waals surface area contributed by atoms with Crippen molar-refractivity contribution in [1.29, 1.82) is 0 Å². The summed E-state index contributed by atoms with van der Waals surface area (Å²) < 4.78 is 5.45. The predicted octanol–water partition coefficient (Wildman–Crippen LogP) is 4.15. The van der Waals surface area contributed by atoms with Crippen LogP contribution in [0.3, 0.4) is 0 Å². The van der Waals surface area contributed by atoms with Crippen LogP contribution in [-0.4, -0.2) is 30.0 Å². The second-order valence-electron chi connectivity index (χ2n) is 5.72. The van der Waals surface area contributed by atoms with Gasteiger partial charge in [0.05, 0.1) is 22.0 Å². The first-order valence-corrected chi connectivity index (χ1v) is 9.44. The lowest BCUT2D eigenvalue weighted by Crippen LogP contribution is -2.42. The van der Waals surface area contributed by atoms with Gasteiger partial charge in [0.15, 0.2) is 0 Å². The van der Waals surface area contributed by atoms with Crippen molar-refractivity contribution in [2.45, 2.75) is 33.2 Å². The van der Waals surface area contributed by atoms with Crippen molar-refractivity contribution in [1.82, 2.24) is 10.3 Å². The Morgan fingerprint density at radius 2 is 2.04 bits per heavy atom. The number of esters is 1. The third kappa shape index (κ3) is 4.55. The quantitative estimate of drug-likeness (QED) is 0.757. The Kier molecular flexibility index (Phi) is 6.37. The van der Waals surface area contributed by atoms with E-state index in [2.05, 4.69) is 10.3 Å². The van der Waals surface area contributed by atoms with E-state index in [0.29, 0.717) is 21.3 Å². The van der Waals surface area contributed by atoms with Gasteiger partial charge >= 0.3 is 5.97 Å². The second kappa shape index (κ2) is 8.09. The first-order valence-electron chi connectivity index (χ1n) is 7.43. The van der Waals surface area contributed by atoms with Crippen LogP contribution < -0.4 is 5.32 Å². The molecule has 1 N–H and O–H groups in total. The van der Waals surface area contributed by atoms with Crippen LogP contribution >= 0.6 is 34.3 Å². The Balaban J connectivity index is 2.19. The van der Waals surface area contributed by atoms with Gasteiger partial charge in [-0.25, -0.2) is 9.78 Å². The van der Waals surface area contributed by atoms with E-state index in [1.54, 1.807) is 13.0 Å². The standard InChI is InChI=1S/C16H19ClN2O3S2/c1-8(2)7-10(16(21)22-4)19-14(20)13-9(3)18-15(24-13)11-5-6-12(17)23-11/h5-6,8,10H,7H2,1-4H3,(H,19,20). The molecule has 1 unspecified atom stereocenters. The molecular formula is C16H19ClN2O3S2. The molecule has 2 heterocycles. The second-order valence-corrected chi connectivity index (χ2v) is 8.43. The van der Waals surface area contributed by atoms with Gasteiger partial charge in [0.2, 0.25) is 0 Å². The van der Waals surface area contributed by atoms with Crippen LogP contribution in [0.15, 0.2) is 12.1 Å². The summed E-state index contributed by atoms with van der Waals surface area (Å²) in [6, 6.07) is 3.01. The van der Waals surface area contributed by atoms with Crippen molar-refractivity contribution in [2.24, 2.45) is 5.92 Å². The van der Waals surface area contributed by atoms with Crippen molar-refractivity contribution in [3.8, 4) is 9.88 Å². The van der Waals surface area contributed by atoms with Crippen molar-refractivity contribution in [3.63, 3.8) is 0 Å². The molecule has 0 radical (unpaired) electrons. The normalized spacial score (nSPS) is 12.2. The summed E-state index contributed by atoms with van der Waals surface area (Å²) in [6.07, 6.45) is 0.518. The molecular weight excluding hydrogens is 368 g/mol. The summed E-state index contributed by atoms with van der Waals surface area (Å²) in [6.45, 7) is 5.75.